The third kappa shape index (κ3) is 2.00. The molecule has 1 aromatic rings. The van der Waals surface area contributed by atoms with Crippen molar-refractivity contribution in [1.82, 2.24) is 20.2 Å². The first kappa shape index (κ1) is 8.62. The van der Waals surface area contributed by atoms with Crippen LogP contribution in [0.15, 0.2) is 0 Å². The number of aryl methyl sites for hydroxylation is 1. The fraction of sp³-hybridized carbons (Fsp3) is 0.667. The van der Waals surface area contributed by atoms with Gasteiger partial charge in [-0.15, -0.1) is 10.2 Å². The van der Waals surface area contributed by atoms with Crippen LogP contribution in [0.5, 0.6) is 0 Å². The molecule has 0 saturated heterocycles. The van der Waals surface area contributed by atoms with Gasteiger partial charge < -0.3 is 5.11 Å². The lowest BCUT2D eigenvalue weighted by molar-refractivity contribution is 0.254. The van der Waals surface area contributed by atoms with Crippen LogP contribution >= 0.6 is 0 Å². The molecule has 6 nitrogen and oxygen atoms in total. The van der Waals surface area contributed by atoms with Crippen molar-refractivity contribution in [2.24, 2.45) is 13.0 Å². The van der Waals surface area contributed by atoms with Crippen LogP contribution in [0.2, 0.25) is 0 Å². The Bertz CT molecular complexity index is 288. The number of aromatic nitrogens is 4. The van der Waals surface area contributed by atoms with Crippen LogP contribution in [-0.4, -0.2) is 31.9 Å². The maximum absolute atomic E-state index is 8.69. The monoisotopic (exact) mass is 167 g/mol. The number of tetrazole rings is 1. The summed E-state index contributed by atoms with van der Waals surface area (Å²) in [5.41, 5.74) is 0. The van der Waals surface area contributed by atoms with Gasteiger partial charge in [-0.25, -0.2) is 0 Å². The molecule has 0 aliphatic carbocycles. The molecule has 1 aromatic heterocycles. The molecule has 6 heteroatoms. The number of hydrogen-bond donors (Lipinski definition) is 1. The van der Waals surface area contributed by atoms with Gasteiger partial charge in [-0.2, -0.15) is 10.1 Å². The average Bonchev–Trinajstić information content (AvgIpc) is 2.47. The van der Waals surface area contributed by atoms with Crippen LogP contribution in [0.4, 0.5) is 0 Å². The number of aliphatic hydroxyl groups excluding tert-OH is 1. The minimum atomic E-state index is -0.436. The largest absolute Gasteiger partial charge is 0.395 e. The Morgan fingerprint density at radius 3 is 2.92 bits per heavy atom. The van der Waals surface area contributed by atoms with E-state index in [-0.39, 0.29) is 6.61 Å². The van der Waals surface area contributed by atoms with E-state index in [0.29, 0.717) is 12.2 Å². The summed E-state index contributed by atoms with van der Waals surface area (Å²) in [6.45, 7) is -0.172. The van der Waals surface area contributed by atoms with Crippen molar-refractivity contribution in [3.8, 4) is 6.07 Å². The van der Waals surface area contributed by atoms with E-state index in [0.717, 1.165) is 0 Å². The summed E-state index contributed by atoms with van der Waals surface area (Å²) in [5.74, 6) is 0.0484. The van der Waals surface area contributed by atoms with Crippen LogP contribution in [0.25, 0.3) is 0 Å². The van der Waals surface area contributed by atoms with Gasteiger partial charge in [0.05, 0.1) is 25.6 Å². The first-order valence-corrected chi connectivity index (χ1v) is 3.49. The lowest BCUT2D eigenvalue weighted by Crippen LogP contribution is -2.08. The van der Waals surface area contributed by atoms with Crippen LogP contribution in [-0.2, 0) is 13.5 Å². The quantitative estimate of drug-likeness (QED) is 0.616. The van der Waals surface area contributed by atoms with Gasteiger partial charge in [-0.1, -0.05) is 0 Å². The molecule has 0 radical (unpaired) electrons. The predicted molar refractivity (Wildman–Crippen MR) is 38.7 cm³/mol. The highest BCUT2D eigenvalue weighted by Gasteiger charge is 2.10. The SMILES string of the molecule is Cn1nnc(CC(C#N)CO)n1. The summed E-state index contributed by atoms with van der Waals surface area (Å²) in [4.78, 5) is 1.32. The standard InChI is InChI=1S/C6H9N5O/c1-11-9-6(8-10-11)2-5(3-7)4-12/h5,12H,2,4H2,1H3. The van der Waals surface area contributed by atoms with Gasteiger partial charge in [0.15, 0.2) is 5.82 Å². The Balaban J connectivity index is 2.58. The number of hydrogen-bond acceptors (Lipinski definition) is 5. The summed E-state index contributed by atoms with van der Waals surface area (Å²) in [6, 6.07) is 1.94. The number of nitrogens with zero attached hydrogens (tertiary/aromatic N) is 5. The maximum atomic E-state index is 8.69. The Kier molecular flexibility index (Phi) is 2.71. The topological polar surface area (TPSA) is 87.6 Å². The minimum absolute atomic E-state index is 0.172. The lowest BCUT2D eigenvalue weighted by atomic mass is 10.1. The van der Waals surface area contributed by atoms with Crippen molar-refractivity contribution in [1.29, 1.82) is 5.26 Å². The van der Waals surface area contributed by atoms with Gasteiger partial charge in [0.2, 0.25) is 0 Å². The molecular formula is C6H9N5O. The van der Waals surface area contributed by atoms with Gasteiger partial charge in [0, 0.05) is 6.42 Å². The number of aliphatic hydroxyl groups is 1. The number of rotatable bonds is 3. The molecule has 1 atom stereocenters. The van der Waals surface area contributed by atoms with Crippen molar-refractivity contribution < 1.29 is 5.11 Å². The summed E-state index contributed by atoms with van der Waals surface area (Å²) in [5, 5.41) is 28.4. The molecule has 1 N–H and O–H groups in total. The fourth-order valence-corrected chi connectivity index (χ4v) is 0.776. The minimum Gasteiger partial charge on any atom is -0.395 e. The molecule has 0 bridgehead atoms. The zero-order valence-corrected chi connectivity index (χ0v) is 6.67. The zero-order valence-electron chi connectivity index (χ0n) is 6.67. The van der Waals surface area contributed by atoms with Crippen LogP contribution in [0, 0.1) is 17.2 Å². The van der Waals surface area contributed by atoms with E-state index in [1.54, 1.807) is 7.05 Å². The van der Waals surface area contributed by atoms with Gasteiger partial charge in [0.25, 0.3) is 0 Å². The number of nitriles is 1. The van der Waals surface area contributed by atoms with E-state index in [4.69, 9.17) is 10.4 Å². The van der Waals surface area contributed by atoms with Crippen molar-refractivity contribution >= 4 is 0 Å². The zero-order chi connectivity index (χ0) is 8.97. The van der Waals surface area contributed by atoms with E-state index in [1.165, 1.54) is 4.80 Å². The normalized spacial score (nSPS) is 12.4. The molecule has 1 unspecified atom stereocenters. The summed E-state index contributed by atoms with van der Waals surface area (Å²) < 4.78 is 0. The Morgan fingerprint density at radius 2 is 2.50 bits per heavy atom. The molecule has 0 aliphatic heterocycles. The lowest BCUT2D eigenvalue weighted by Gasteiger charge is -1.98. The van der Waals surface area contributed by atoms with Gasteiger partial charge >= 0.3 is 0 Å². The van der Waals surface area contributed by atoms with Crippen molar-refractivity contribution in [2.45, 2.75) is 6.42 Å². The Morgan fingerprint density at radius 1 is 1.75 bits per heavy atom. The van der Waals surface area contributed by atoms with Gasteiger partial charge in [0.1, 0.15) is 0 Å². The molecule has 0 aliphatic rings. The van der Waals surface area contributed by atoms with E-state index >= 15 is 0 Å². The second-order valence-corrected chi connectivity index (χ2v) is 2.41. The summed E-state index contributed by atoms with van der Waals surface area (Å²) in [6.07, 6.45) is 0.348. The van der Waals surface area contributed by atoms with Crippen LogP contribution < -0.4 is 0 Å². The van der Waals surface area contributed by atoms with E-state index < -0.39 is 5.92 Å². The van der Waals surface area contributed by atoms with Gasteiger partial charge in [-0.3, -0.25) is 0 Å². The molecule has 1 rings (SSSR count). The third-order valence-corrected chi connectivity index (χ3v) is 1.38. The second-order valence-electron chi connectivity index (χ2n) is 2.41. The van der Waals surface area contributed by atoms with E-state index in [1.807, 2.05) is 6.07 Å². The van der Waals surface area contributed by atoms with Crippen LogP contribution in [0.1, 0.15) is 5.82 Å². The molecule has 12 heavy (non-hydrogen) atoms. The van der Waals surface area contributed by atoms with Crippen molar-refractivity contribution in [3.05, 3.63) is 5.82 Å². The van der Waals surface area contributed by atoms with E-state index in [9.17, 15) is 0 Å². The molecule has 0 aromatic carbocycles. The maximum Gasteiger partial charge on any atom is 0.176 e. The average molecular weight is 167 g/mol. The molecular weight excluding hydrogens is 158 g/mol. The van der Waals surface area contributed by atoms with Gasteiger partial charge in [-0.05, 0) is 5.21 Å². The molecule has 0 fully saturated rings. The first-order chi connectivity index (χ1) is 5.76. The first-order valence-electron chi connectivity index (χ1n) is 3.49. The molecule has 1 heterocycles. The molecule has 0 spiro atoms. The smallest absolute Gasteiger partial charge is 0.176 e. The Labute approximate surface area is 69.4 Å². The Hall–Kier alpha value is -1.48. The molecule has 0 amide bonds. The molecule has 0 saturated carbocycles. The summed E-state index contributed by atoms with van der Waals surface area (Å²) >= 11 is 0. The van der Waals surface area contributed by atoms with Crippen LogP contribution in [0.3, 0.4) is 0 Å². The second kappa shape index (κ2) is 3.78. The fourth-order valence-electron chi connectivity index (χ4n) is 0.776. The van der Waals surface area contributed by atoms with Crippen molar-refractivity contribution in [3.63, 3.8) is 0 Å². The predicted octanol–water partition coefficient (Wildman–Crippen LogP) is -1.12. The highest BCUT2D eigenvalue weighted by Crippen LogP contribution is 2.00. The molecule has 64 valence electrons. The highest BCUT2D eigenvalue weighted by molar-refractivity contribution is 4.91. The van der Waals surface area contributed by atoms with Crippen molar-refractivity contribution in [2.75, 3.05) is 6.61 Å². The van der Waals surface area contributed by atoms with E-state index in [2.05, 4.69) is 15.4 Å². The summed E-state index contributed by atoms with van der Waals surface area (Å²) in [7, 11) is 1.65. The third-order valence-electron chi connectivity index (χ3n) is 1.38. The highest BCUT2D eigenvalue weighted by atomic mass is 16.3.